The highest BCUT2D eigenvalue weighted by Gasteiger charge is 2.28. The highest BCUT2D eigenvalue weighted by Crippen LogP contribution is 2.23. The zero-order valence-electron chi connectivity index (χ0n) is 11.8. The van der Waals surface area contributed by atoms with E-state index in [1.165, 1.54) is 43.1 Å². The van der Waals surface area contributed by atoms with Crippen LogP contribution in [0.2, 0.25) is 0 Å². The SMILES string of the molecule is CCCc1nc(CN2CCC(C)(NC)CC2)cs1. The minimum atomic E-state index is 0.339. The van der Waals surface area contributed by atoms with E-state index >= 15 is 0 Å². The predicted molar refractivity (Wildman–Crippen MR) is 78.1 cm³/mol. The zero-order chi connectivity index (χ0) is 13.0. The first kappa shape index (κ1) is 14.0. The van der Waals surface area contributed by atoms with E-state index in [0.29, 0.717) is 5.54 Å². The Bertz CT molecular complexity index is 367. The largest absolute Gasteiger partial charge is 0.314 e. The van der Waals surface area contributed by atoms with Crippen molar-refractivity contribution < 1.29 is 0 Å². The summed E-state index contributed by atoms with van der Waals surface area (Å²) in [6.07, 6.45) is 4.78. The molecule has 0 spiro atoms. The first-order valence-electron chi connectivity index (χ1n) is 7.00. The van der Waals surface area contributed by atoms with Crippen LogP contribution in [0.15, 0.2) is 5.38 Å². The van der Waals surface area contributed by atoms with Gasteiger partial charge in [0.1, 0.15) is 0 Å². The standard InChI is InChI=1S/C14H25N3S/c1-4-5-13-16-12(11-18-13)10-17-8-6-14(2,15-3)7-9-17/h11,15H,4-10H2,1-3H3. The Morgan fingerprint density at radius 1 is 1.44 bits per heavy atom. The number of nitrogens with zero attached hydrogens (tertiary/aromatic N) is 2. The van der Waals surface area contributed by atoms with Crippen molar-refractivity contribution in [2.24, 2.45) is 0 Å². The molecule has 0 aliphatic carbocycles. The van der Waals surface area contributed by atoms with E-state index in [1.807, 2.05) is 11.3 Å². The molecular formula is C14H25N3S. The van der Waals surface area contributed by atoms with Crippen LogP contribution in [-0.2, 0) is 13.0 Å². The van der Waals surface area contributed by atoms with Crippen LogP contribution in [0.3, 0.4) is 0 Å². The highest BCUT2D eigenvalue weighted by molar-refractivity contribution is 7.09. The number of thiazole rings is 1. The van der Waals surface area contributed by atoms with E-state index in [-0.39, 0.29) is 0 Å². The molecule has 2 rings (SSSR count). The lowest BCUT2D eigenvalue weighted by atomic mass is 9.90. The Hall–Kier alpha value is -0.450. The van der Waals surface area contributed by atoms with Crippen molar-refractivity contribution in [2.75, 3.05) is 20.1 Å². The van der Waals surface area contributed by atoms with Crippen molar-refractivity contribution in [2.45, 2.75) is 51.6 Å². The van der Waals surface area contributed by atoms with Crippen LogP contribution in [0.1, 0.15) is 43.8 Å². The molecule has 0 unspecified atom stereocenters. The second kappa shape index (κ2) is 6.13. The fourth-order valence-corrected chi connectivity index (χ4v) is 3.33. The number of hydrogen-bond acceptors (Lipinski definition) is 4. The number of rotatable bonds is 5. The molecule has 2 heterocycles. The summed E-state index contributed by atoms with van der Waals surface area (Å²) in [4.78, 5) is 7.24. The summed E-state index contributed by atoms with van der Waals surface area (Å²) in [6.45, 7) is 7.92. The molecule has 4 heteroatoms. The molecule has 0 atom stereocenters. The second-order valence-corrected chi connectivity index (χ2v) is 6.51. The summed E-state index contributed by atoms with van der Waals surface area (Å²) in [5.41, 5.74) is 1.60. The van der Waals surface area contributed by atoms with Crippen LogP contribution < -0.4 is 5.32 Å². The summed E-state index contributed by atoms with van der Waals surface area (Å²) in [5.74, 6) is 0. The molecule has 0 saturated carbocycles. The smallest absolute Gasteiger partial charge is 0.0928 e. The molecule has 1 N–H and O–H groups in total. The first-order valence-corrected chi connectivity index (χ1v) is 7.88. The second-order valence-electron chi connectivity index (χ2n) is 5.57. The molecule has 1 fully saturated rings. The zero-order valence-corrected chi connectivity index (χ0v) is 12.6. The van der Waals surface area contributed by atoms with Gasteiger partial charge in [0.25, 0.3) is 0 Å². The maximum atomic E-state index is 4.71. The molecule has 1 aromatic heterocycles. The fraction of sp³-hybridized carbons (Fsp3) is 0.786. The molecular weight excluding hydrogens is 242 g/mol. The minimum Gasteiger partial charge on any atom is -0.314 e. The van der Waals surface area contributed by atoms with Gasteiger partial charge in [0.05, 0.1) is 10.7 Å². The number of piperidine rings is 1. The van der Waals surface area contributed by atoms with E-state index in [0.717, 1.165) is 13.0 Å². The van der Waals surface area contributed by atoms with Crippen LogP contribution in [-0.4, -0.2) is 35.6 Å². The van der Waals surface area contributed by atoms with E-state index in [1.54, 1.807) is 0 Å². The van der Waals surface area contributed by atoms with Crippen LogP contribution in [0.25, 0.3) is 0 Å². The van der Waals surface area contributed by atoms with Crippen LogP contribution >= 0.6 is 11.3 Å². The Labute approximate surface area is 115 Å². The molecule has 18 heavy (non-hydrogen) atoms. The van der Waals surface area contributed by atoms with Crippen molar-refractivity contribution in [3.63, 3.8) is 0 Å². The van der Waals surface area contributed by atoms with Gasteiger partial charge in [-0.2, -0.15) is 0 Å². The van der Waals surface area contributed by atoms with Gasteiger partial charge in [-0.1, -0.05) is 6.92 Å². The molecule has 1 aliphatic rings. The fourth-order valence-electron chi connectivity index (χ4n) is 2.43. The van der Waals surface area contributed by atoms with Gasteiger partial charge in [-0.25, -0.2) is 4.98 Å². The third-order valence-corrected chi connectivity index (χ3v) is 4.97. The summed E-state index contributed by atoms with van der Waals surface area (Å²) >= 11 is 1.82. The molecule has 102 valence electrons. The van der Waals surface area contributed by atoms with Crippen molar-refractivity contribution in [1.29, 1.82) is 0 Å². The molecule has 0 aromatic carbocycles. The maximum absolute atomic E-state index is 4.71. The average Bonchev–Trinajstić information content (AvgIpc) is 2.81. The minimum absolute atomic E-state index is 0.339. The average molecular weight is 267 g/mol. The third-order valence-electron chi connectivity index (χ3n) is 4.01. The van der Waals surface area contributed by atoms with Gasteiger partial charge in [-0.15, -0.1) is 11.3 Å². The first-order chi connectivity index (χ1) is 8.65. The van der Waals surface area contributed by atoms with Crippen LogP contribution in [0, 0.1) is 0 Å². The van der Waals surface area contributed by atoms with Gasteiger partial charge in [-0.3, -0.25) is 4.90 Å². The van der Waals surface area contributed by atoms with E-state index in [2.05, 4.69) is 36.5 Å². The lowest BCUT2D eigenvalue weighted by Crippen LogP contribution is -2.49. The lowest BCUT2D eigenvalue weighted by molar-refractivity contribution is 0.145. The molecule has 3 nitrogen and oxygen atoms in total. The molecule has 0 radical (unpaired) electrons. The topological polar surface area (TPSA) is 28.2 Å². The van der Waals surface area contributed by atoms with Crippen molar-refractivity contribution in [3.05, 3.63) is 16.1 Å². The van der Waals surface area contributed by atoms with E-state index in [4.69, 9.17) is 4.98 Å². The summed E-state index contributed by atoms with van der Waals surface area (Å²) in [5, 5.41) is 6.97. The van der Waals surface area contributed by atoms with Crippen molar-refractivity contribution >= 4 is 11.3 Å². The van der Waals surface area contributed by atoms with Gasteiger partial charge in [0.15, 0.2) is 0 Å². The predicted octanol–water partition coefficient (Wildman–Crippen LogP) is 2.67. The molecule has 1 saturated heterocycles. The van der Waals surface area contributed by atoms with E-state index < -0.39 is 0 Å². The van der Waals surface area contributed by atoms with Crippen LogP contribution in [0.5, 0.6) is 0 Å². The van der Waals surface area contributed by atoms with Crippen molar-refractivity contribution in [3.8, 4) is 0 Å². The van der Waals surface area contributed by atoms with Crippen molar-refractivity contribution in [1.82, 2.24) is 15.2 Å². The Morgan fingerprint density at radius 3 is 2.78 bits per heavy atom. The monoisotopic (exact) mass is 267 g/mol. The number of aromatic nitrogens is 1. The highest BCUT2D eigenvalue weighted by atomic mass is 32.1. The van der Waals surface area contributed by atoms with Gasteiger partial charge < -0.3 is 5.32 Å². The molecule has 1 aliphatic heterocycles. The molecule has 1 aromatic rings. The summed E-state index contributed by atoms with van der Waals surface area (Å²) < 4.78 is 0. The number of likely N-dealkylation sites (tertiary alicyclic amines) is 1. The Balaban J connectivity index is 1.83. The van der Waals surface area contributed by atoms with Gasteiger partial charge >= 0.3 is 0 Å². The molecule has 0 amide bonds. The quantitative estimate of drug-likeness (QED) is 0.889. The van der Waals surface area contributed by atoms with Gasteiger partial charge in [0.2, 0.25) is 0 Å². The number of aryl methyl sites for hydroxylation is 1. The third kappa shape index (κ3) is 3.53. The van der Waals surface area contributed by atoms with Gasteiger partial charge in [0, 0.05) is 30.6 Å². The molecule has 0 bridgehead atoms. The lowest BCUT2D eigenvalue weighted by Gasteiger charge is -2.39. The van der Waals surface area contributed by atoms with Crippen LogP contribution in [0.4, 0.5) is 0 Å². The summed E-state index contributed by atoms with van der Waals surface area (Å²) in [6, 6.07) is 0. The van der Waals surface area contributed by atoms with Gasteiger partial charge in [-0.05, 0) is 39.7 Å². The number of nitrogens with one attached hydrogen (secondary N) is 1. The Morgan fingerprint density at radius 2 is 2.17 bits per heavy atom. The normalized spacial score (nSPS) is 20.2. The Kier molecular flexibility index (Phi) is 4.76. The summed E-state index contributed by atoms with van der Waals surface area (Å²) in [7, 11) is 2.08. The maximum Gasteiger partial charge on any atom is 0.0928 e. The van der Waals surface area contributed by atoms with E-state index in [9.17, 15) is 0 Å². The number of hydrogen-bond donors (Lipinski definition) is 1.